The first-order valence-electron chi connectivity index (χ1n) is 3.78. The third kappa shape index (κ3) is 1.62. The number of nitrogens with zero attached hydrogens (tertiary/aromatic N) is 2. The monoisotopic (exact) mass is 238 g/mol. The molecule has 2 rings (SSSR count). The molecule has 2 aromatic heterocycles. The minimum atomic E-state index is 0.714. The normalized spacial score (nSPS) is 10.3. The van der Waals surface area contributed by atoms with Crippen LogP contribution in [0.3, 0.4) is 0 Å². The highest BCUT2D eigenvalue weighted by Crippen LogP contribution is 2.25. The summed E-state index contributed by atoms with van der Waals surface area (Å²) >= 11 is 3.25. The van der Waals surface area contributed by atoms with Crippen LogP contribution in [0.25, 0.3) is 11.1 Å². The molecule has 0 aliphatic carbocycles. The topological polar surface area (TPSA) is 38.9 Å². The number of hydrogen-bond acceptors (Lipinski definition) is 3. The third-order valence-electron chi connectivity index (χ3n) is 1.79. The molecule has 0 fully saturated rings. The molecule has 2 aromatic rings. The molecule has 2 heterocycles. The highest BCUT2D eigenvalue weighted by atomic mass is 79.9. The second-order valence-corrected chi connectivity index (χ2v) is 3.44. The number of rotatable bonds is 1. The highest BCUT2D eigenvalue weighted by Gasteiger charge is 2.05. The zero-order chi connectivity index (χ0) is 9.26. The smallest absolute Gasteiger partial charge is 0.169 e. The molecular weight excluding hydrogens is 232 g/mol. The quantitative estimate of drug-likeness (QED) is 0.767. The number of furan rings is 1. The minimum absolute atomic E-state index is 0.714. The van der Waals surface area contributed by atoms with E-state index in [1.54, 1.807) is 12.5 Å². The summed E-state index contributed by atoms with van der Waals surface area (Å²) in [5.41, 5.74) is 2.94. The first-order chi connectivity index (χ1) is 6.27. The average Bonchev–Trinajstić information content (AvgIpc) is 2.53. The second-order valence-electron chi connectivity index (χ2n) is 2.66. The molecule has 0 amide bonds. The lowest BCUT2D eigenvalue weighted by Crippen LogP contribution is -1.86. The first kappa shape index (κ1) is 8.44. The molecule has 0 aromatic carbocycles. The predicted octanol–water partition coefficient (Wildman–Crippen LogP) is 2.81. The van der Waals surface area contributed by atoms with Crippen molar-refractivity contribution in [3.05, 3.63) is 35.2 Å². The maximum Gasteiger partial charge on any atom is 0.169 e. The van der Waals surface area contributed by atoms with Crippen molar-refractivity contribution < 1.29 is 4.42 Å². The Balaban J connectivity index is 2.52. The van der Waals surface area contributed by atoms with Gasteiger partial charge in [0.25, 0.3) is 0 Å². The number of aromatic nitrogens is 2. The molecule has 0 aliphatic rings. The van der Waals surface area contributed by atoms with Gasteiger partial charge in [-0.1, -0.05) is 0 Å². The Kier molecular flexibility index (Phi) is 2.14. The lowest BCUT2D eigenvalue weighted by molar-refractivity contribution is 0.542. The van der Waals surface area contributed by atoms with Crippen molar-refractivity contribution in [2.24, 2.45) is 0 Å². The fourth-order valence-electron chi connectivity index (χ4n) is 1.13. The van der Waals surface area contributed by atoms with Crippen molar-refractivity contribution in [1.29, 1.82) is 0 Å². The van der Waals surface area contributed by atoms with Gasteiger partial charge in [-0.05, 0) is 28.9 Å². The molecule has 0 saturated heterocycles. The molecule has 0 unspecified atom stereocenters. The standard InChI is InChI=1S/C9H7BrN2O/c1-6-8(3-11-5-12-6)7-2-9(10)13-4-7/h2-5H,1H3. The summed E-state index contributed by atoms with van der Waals surface area (Å²) in [4.78, 5) is 8.06. The van der Waals surface area contributed by atoms with E-state index < -0.39 is 0 Å². The van der Waals surface area contributed by atoms with Crippen LogP contribution in [0.2, 0.25) is 0 Å². The van der Waals surface area contributed by atoms with E-state index in [-0.39, 0.29) is 0 Å². The molecule has 0 N–H and O–H groups in total. The molecule has 0 saturated carbocycles. The first-order valence-corrected chi connectivity index (χ1v) is 4.57. The Morgan fingerprint density at radius 2 is 2.31 bits per heavy atom. The van der Waals surface area contributed by atoms with Crippen LogP contribution in [0.15, 0.2) is 33.9 Å². The van der Waals surface area contributed by atoms with E-state index >= 15 is 0 Å². The third-order valence-corrected chi connectivity index (χ3v) is 2.21. The van der Waals surface area contributed by atoms with Crippen molar-refractivity contribution in [2.45, 2.75) is 6.92 Å². The van der Waals surface area contributed by atoms with Gasteiger partial charge in [0, 0.05) is 23.0 Å². The van der Waals surface area contributed by atoms with Gasteiger partial charge in [-0.15, -0.1) is 0 Å². The van der Waals surface area contributed by atoms with Gasteiger partial charge in [0.1, 0.15) is 6.33 Å². The second kappa shape index (κ2) is 3.30. The summed E-state index contributed by atoms with van der Waals surface area (Å²) in [6.07, 6.45) is 4.99. The van der Waals surface area contributed by atoms with E-state index in [9.17, 15) is 0 Å². The van der Waals surface area contributed by atoms with E-state index in [4.69, 9.17) is 4.42 Å². The van der Waals surface area contributed by atoms with Crippen LogP contribution in [0.4, 0.5) is 0 Å². The van der Waals surface area contributed by atoms with Gasteiger partial charge >= 0.3 is 0 Å². The number of hydrogen-bond donors (Lipinski definition) is 0. The van der Waals surface area contributed by atoms with E-state index in [0.29, 0.717) is 4.67 Å². The van der Waals surface area contributed by atoms with Gasteiger partial charge in [-0.25, -0.2) is 9.97 Å². The van der Waals surface area contributed by atoms with Crippen LogP contribution in [0, 0.1) is 6.92 Å². The van der Waals surface area contributed by atoms with Crippen molar-refractivity contribution in [3.8, 4) is 11.1 Å². The van der Waals surface area contributed by atoms with Crippen LogP contribution in [-0.2, 0) is 0 Å². The van der Waals surface area contributed by atoms with Crippen LogP contribution < -0.4 is 0 Å². The summed E-state index contributed by atoms with van der Waals surface area (Å²) < 4.78 is 5.85. The molecule has 13 heavy (non-hydrogen) atoms. The fourth-order valence-corrected chi connectivity index (χ4v) is 1.47. The Bertz CT molecular complexity index is 425. The van der Waals surface area contributed by atoms with Crippen LogP contribution in [0.5, 0.6) is 0 Å². The summed E-state index contributed by atoms with van der Waals surface area (Å²) in [5, 5.41) is 0. The van der Waals surface area contributed by atoms with Gasteiger partial charge < -0.3 is 4.42 Å². The average molecular weight is 239 g/mol. The summed E-state index contributed by atoms with van der Waals surface area (Å²) in [6, 6.07) is 1.89. The fraction of sp³-hybridized carbons (Fsp3) is 0.111. The van der Waals surface area contributed by atoms with E-state index in [1.807, 2.05) is 13.0 Å². The van der Waals surface area contributed by atoms with Gasteiger partial charge in [0.2, 0.25) is 0 Å². The largest absolute Gasteiger partial charge is 0.457 e. The van der Waals surface area contributed by atoms with E-state index in [0.717, 1.165) is 16.8 Å². The van der Waals surface area contributed by atoms with Gasteiger partial charge in [0.15, 0.2) is 4.67 Å². The lowest BCUT2D eigenvalue weighted by Gasteiger charge is -1.98. The Hall–Kier alpha value is -1.16. The van der Waals surface area contributed by atoms with Crippen molar-refractivity contribution in [3.63, 3.8) is 0 Å². The van der Waals surface area contributed by atoms with Crippen LogP contribution in [0.1, 0.15) is 5.69 Å². The lowest BCUT2D eigenvalue weighted by atomic mass is 10.1. The maximum absolute atomic E-state index is 5.14. The van der Waals surface area contributed by atoms with Gasteiger partial charge in [0.05, 0.1) is 6.26 Å². The van der Waals surface area contributed by atoms with Crippen molar-refractivity contribution in [1.82, 2.24) is 9.97 Å². The maximum atomic E-state index is 5.14. The van der Waals surface area contributed by atoms with Gasteiger partial charge in [-0.3, -0.25) is 0 Å². The predicted molar refractivity (Wildman–Crippen MR) is 52.2 cm³/mol. The molecule has 0 bridgehead atoms. The Morgan fingerprint density at radius 3 is 2.92 bits per heavy atom. The molecule has 0 spiro atoms. The zero-order valence-corrected chi connectivity index (χ0v) is 8.58. The summed E-state index contributed by atoms with van der Waals surface area (Å²) in [7, 11) is 0. The molecule has 0 radical (unpaired) electrons. The Labute approximate surface area is 84.0 Å². The molecule has 0 aliphatic heterocycles. The summed E-state index contributed by atoms with van der Waals surface area (Å²) in [5.74, 6) is 0. The summed E-state index contributed by atoms with van der Waals surface area (Å²) in [6.45, 7) is 1.94. The molecule has 66 valence electrons. The number of aryl methyl sites for hydroxylation is 1. The van der Waals surface area contributed by atoms with E-state index in [1.165, 1.54) is 6.33 Å². The Morgan fingerprint density at radius 1 is 1.46 bits per heavy atom. The van der Waals surface area contributed by atoms with E-state index in [2.05, 4.69) is 25.9 Å². The van der Waals surface area contributed by atoms with Crippen LogP contribution in [-0.4, -0.2) is 9.97 Å². The zero-order valence-electron chi connectivity index (χ0n) is 6.99. The van der Waals surface area contributed by atoms with Crippen molar-refractivity contribution in [2.75, 3.05) is 0 Å². The molecule has 4 heteroatoms. The SMILES string of the molecule is Cc1ncncc1-c1coc(Br)c1. The minimum Gasteiger partial charge on any atom is -0.457 e. The van der Waals surface area contributed by atoms with Gasteiger partial charge in [-0.2, -0.15) is 0 Å². The van der Waals surface area contributed by atoms with Crippen LogP contribution >= 0.6 is 15.9 Å². The number of halogens is 1. The molecule has 0 atom stereocenters. The molecule has 3 nitrogen and oxygen atoms in total. The highest BCUT2D eigenvalue weighted by molar-refractivity contribution is 9.10. The molecular formula is C9H7BrN2O. The van der Waals surface area contributed by atoms with Crippen molar-refractivity contribution >= 4 is 15.9 Å².